The predicted octanol–water partition coefficient (Wildman–Crippen LogP) is 1.55. The molecule has 1 aromatic rings. The van der Waals surface area contributed by atoms with Gasteiger partial charge in [-0.3, -0.25) is 9.59 Å². The largest absolute Gasteiger partial charge is 0.342 e. The van der Waals surface area contributed by atoms with Crippen LogP contribution in [-0.4, -0.2) is 33.3 Å². The second-order valence-corrected chi connectivity index (χ2v) is 6.75. The number of rotatable bonds is 4. The first-order valence-electron chi connectivity index (χ1n) is 7.07. The molecule has 0 bridgehead atoms. The molecule has 0 radical (unpaired) electrons. The fourth-order valence-electron chi connectivity index (χ4n) is 2.71. The summed E-state index contributed by atoms with van der Waals surface area (Å²) in [4.78, 5) is 31.2. The first kappa shape index (κ1) is 13.5. The minimum atomic E-state index is -0.770. The van der Waals surface area contributed by atoms with Gasteiger partial charge in [0.15, 0.2) is 0 Å². The number of aromatic nitrogens is 1. The summed E-state index contributed by atoms with van der Waals surface area (Å²) in [6.07, 6.45) is 4.40. The molecule has 2 fully saturated rings. The molecule has 1 aromatic heterocycles. The van der Waals surface area contributed by atoms with E-state index in [1.807, 2.05) is 19.2 Å². The van der Waals surface area contributed by atoms with Crippen LogP contribution in [0.1, 0.15) is 38.1 Å². The second kappa shape index (κ2) is 4.84. The molecule has 2 amide bonds. The third kappa shape index (κ3) is 2.12. The number of hydrogen-bond acceptors (Lipinski definition) is 4. The summed E-state index contributed by atoms with van der Waals surface area (Å²) < 4.78 is 0. The highest BCUT2D eigenvalue weighted by molar-refractivity contribution is 7.09. The van der Waals surface area contributed by atoms with Crippen LogP contribution in [0.2, 0.25) is 0 Å². The lowest BCUT2D eigenvalue weighted by Gasteiger charge is -2.45. The van der Waals surface area contributed by atoms with Gasteiger partial charge in [0.2, 0.25) is 11.8 Å². The van der Waals surface area contributed by atoms with Gasteiger partial charge >= 0.3 is 0 Å². The molecule has 1 N–H and O–H groups in total. The highest BCUT2D eigenvalue weighted by atomic mass is 32.1. The quantitative estimate of drug-likeness (QED) is 0.916. The Balaban J connectivity index is 1.90. The number of amides is 2. The zero-order valence-electron chi connectivity index (χ0n) is 11.8. The lowest BCUT2D eigenvalue weighted by molar-refractivity contribution is -0.158. The molecule has 1 saturated carbocycles. The lowest BCUT2D eigenvalue weighted by atomic mass is 9.89. The van der Waals surface area contributed by atoms with Crippen LogP contribution in [0.5, 0.6) is 0 Å². The van der Waals surface area contributed by atoms with Gasteiger partial charge < -0.3 is 10.2 Å². The van der Waals surface area contributed by atoms with Gasteiger partial charge in [0.1, 0.15) is 16.6 Å². The third-order valence-corrected chi connectivity index (χ3v) is 5.23. The average molecular weight is 293 g/mol. The Kier molecular flexibility index (Phi) is 3.28. The molecular weight excluding hydrogens is 274 g/mol. The van der Waals surface area contributed by atoms with Crippen LogP contribution >= 0.6 is 11.3 Å². The molecule has 2 aliphatic rings. The van der Waals surface area contributed by atoms with E-state index in [1.54, 1.807) is 11.1 Å². The van der Waals surface area contributed by atoms with E-state index in [9.17, 15) is 9.59 Å². The Morgan fingerprint density at radius 1 is 1.50 bits per heavy atom. The van der Waals surface area contributed by atoms with Gasteiger partial charge in [-0.2, -0.15) is 0 Å². The average Bonchev–Trinajstić information content (AvgIpc) is 3.15. The molecule has 6 heteroatoms. The Bertz CT molecular complexity index is 527. The standard InChI is InChI=1S/C14H19N3O2S/c1-3-14(2)13(19)16-11(9-4-5-9)12(18)17(14)8-10-15-6-7-20-10/h6-7,9,11H,3-5,8H2,1-2H3,(H,16,19). The van der Waals surface area contributed by atoms with E-state index in [1.165, 1.54) is 11.3 Å². The van der Waals surface area contributed by atoms with Crippen molar-refractivity contribution >= 4 is 23.2 Å². The fraction of sp³-hybridized carbons (Fsp3) is 0.643. The molecule has 1 aliphatic heterocycles. The Hall–Kier alpha value is -1.43. The van der Waals surface area contributed by atoms with Crippen molar-refractivity contribution in [3.05, 3.63) is 16.6 Å². The zero-order chi connectivity index (χ0) is 14.3. The van der Waals surface area contributed by atoms with E-state index in [2.05, 4.69) is 10.3 Å². The van der Waals surface area contributed by atoms with Crippen LogP contribution in [0.4, 0.5) is 0 Å². The van der Waals surface area contributed by atoms with E-state index in [0.29, 0.717) is 18.9 Å². The maximum atomic E-state index is 12.7. The van der Waals surface area contributed by atoms with Gasteiger partial charge in [0.05, 0.1) is 6.54 Å². The molecule has 20 heavy (non-hydrogen) atoms. The maximum Gasteiger partial charge on any atom is 0.246 e. The van der Waals surface area contributed by atoms with E-state index < -0.39 is 5.54 Å². The molecular formula is C14H19N3O2S. The number of carbonyl (C=O) groups is 2. The van der Waals surface area contributed by atoms with E-state index in [4.69, 9.17) is 0 Å². The van der Waals surface area contributed by atoms with Crippen molar-refractivity contribution in [2.45, 2.75) is 51.2 Å². The number of nitrogens with one attached hydrogen (secondary N) is 1. The minimum Gasteiger partial charge on any atom is -0.342 e. The molecule has 1 aliphatic carbocycles. The number of thiazole rings is 1. The first-order chi connectivity index (χ1) is 9.56. The summed E-state index contributed by atoms with van der Waals surface area (Å²) in [6, 6.07) is -0.331. The van der Waals surface area contributed by atoms with E-state index in [0.717, 1.165) is 17.8 Å². The first-order valence-corrected chi connectivity index (χ1v) is 7.95. The van der Waals surface area contributed by atoms with Gasteiger partial charge in [0, 0.05) is 11.6 Å². The van der Waals surface area contributed by atoms with Crippen molar-refractivity contribution in [2.75, 3.05) is 0 Å². The van der Waals surface area contributed by atoms with Gasteiger partial charge in [0.25, 0.3) is 0 Å². The normalized spacial score (nSPS) is 30.5. The summed E-state index contributed by atoms with van der Waals surface area (Å²) in [7, 11) is 0. The van der Waals surface area contributed by atoms with Crippen LogP contribution in [0, 0.1) is 5.92 Å². The van der Waals surface area contributed by atoms with Crippen LogP contribution in [0.15, 0.2) is 11.6 Å². The number of hydrogen-bond donors (Lipinski definition) is 1. The Morgan fingerprint density at radius 3 is 2.80 bits per heavy atom. The monoisotopic (exact) mass is 293 g/mol. The molecule has 0 spiro atoms. The zero-order valence-corrected chi connectivity index (χ0v) is 12.6. The van der Waals surface area contributed by atoms with Crippen molar-refractivity contribution in [2.24, 2.45) is 5.92 Å². The molecule has 3 rings (SSSR count). The Labute approximate surface area is 122 Å². The predicted molar refractivity (Wildman–Crippen MR) is 76.0 cm³/mol. The van der Waals surface area contributed by atoms with Crippen LogP contribution in [0.3, 0.4) is 0 Å². The third-order valence-electron chi connectivity index (χ3n) is 4.46. The molecule has 2 atom stereocenters. The highest BCUT2D eigenvalue weighted by Gasteiger charge is 2.52. The van der Waals surface area contributed by atoms with Gasteiger partial charge in [-0.1, -0.05) is 6.92 Å². The van der Waals surface area contributed by atoms with Crippen molar-refractivity contribution < 1.29 is 9.59 Å². The fourth-order valence-corrected chi connectivity index (χ4v) is 3.32. The summed E-state index contributed by atoms with van der Waals surface area (Å²) in [5, 5.41) is 5.70. The summed E-state index contributed by atoms with van der Waals surface area (Å²) in [5.74, 6) is 0.339. The van der Waals surface area contributed by atoms with Crippen molar-refractivity contribution in [1.82, 2.24) is 15.2 Å². The topological polar surface area (TPSA) is 62.3 Å². The number of piperazine rings is 1. The van der Waals surface area contributed by atoms with Crippen LogP contribution < -0.4 is 5.32 Å². The Morgan fingerprint density at radius 2 is 2.25 bits per heavy atom. The smallest absolute Gasteiger partial charge is 0.246 e. The van der Waals surface area contributed by atoms with Crippen molar-refractivity contribution in [3.8, 4) is 0 Å². The van der Waals surface area contributed by atoms with E-state index in [-0.39, 0.29) is 17.9 Å². The van der Waals surface area contributed by atoms with Gasteiger partial charge in [-0.25, -0.2) is 4.98 Å². The molecule has 5 nitrogen and oxygen atoms in total. The maximum absolute atomic E-state index is 12.7. The molecule has 1 saturated heterocycles. The molecule has 0 aromatic carbocycles. The minimum absolute atomic E-state index is 0.0342. The summed E-state index contributed by atoms with van der Waals surface area (Å²) in [6.45, 7) is 4.22. The van der Waals surface area contributed by atoms with E-state index >= 15 is 0 Å². The molecule has 108 valence electrons. The van der Waals surface area contributed by atoms with Crippen LogP contribution in [-0.2, 0) is 16.1 Å². The lowest BCUT2D eigenvalue weighted by Crippen LogP contribution is -2.69. The summed E-state index contributed by atoms with van der Waals surface area (Å²) >= 11 is 1.52. The van der Waals surface area contributed by atoms with Gasteiger partial charge in [-0.05, 0) is 32.1 Å². The second-order valence-electron chi connectivity index (χ2n) is 5.77. The van der Waals surface area contributed by atoms with Crippen LogP contribution in [0.25, 0.3) is 0 Å². The van der Waals surface area contributed by atoms with Crippen molar-refractivity contribution in [1.29, 1.82) is 0 Å². The summed E-state index contributed by atoms with van der Waals surface area (Å²) in [5.41, 5.74) is -0.770. The van der Waals surface area contributed by atoms with Crippen molar-refractivity contribution in [3.63, 3.8) is 0 Å². The molecule has 2 heterocycles. The SMILES string of the molecule is CCC1(C)C(=O)NC(C2CC2)C(=O)N1Cc1nccs1. The highest BCUT2D eigenvalue weighted by Crippen LogP contribution is 2.38. The molecule has 2 unspecified atom stereocenters. The van der Waals surface area contributed by atoms with Gasteiger partial charge in [-0.15, -0.1) is 11.3 Å². The number of carbonyl (C=O) groups excluding carboxylic acids is 2. The number of nitrogens with zero attached hydrogens (tertiary/aromatic N) is 2.